The van der Waals surface area contributed by atoms with Gasteiger partial charge >= 0.3 is 0 Å². The fourth-order valence-electron chi connectivity index (χ4n) is 3.06. The minimum atomic E-state index is 0.431. The molecule has 0 amide bonds. The van der Waals surface area contributed by atoms with Gasteiger partial charge in [-0.3, -0.25) is 0 Å². The molecule has 0 saturated carbocycles. The maximum Gasteiger partial charge on any atom is 0.0368 e. The summed E-state index contributed by atoms with van der Waals surface area (Å²) in [5, 5.41) is 3.30. The lowest BCUT2D eigenvalue weighted by atomic mass is 10.1. The van der Waals surface area contributed by atoms with Crippen molar-refractivity contribution in [2.45, 2.75) is 58.0 Å². The number of rotatable bonds is 4. The van der Waals surface area contributed by atoms with Crippen LogP contribution >= 0.6 is 0 Å². The number of hydrogen-bond acceptors (Lipinski definition) is 2. The molecule has 2 heteroatoms. The molecule has 2 unspecified atom stereocenters. The Morgan fingerprint density at radius 3 is 2.58 bits per heavy atom. The Morgan fingerprint density at radius 1 is 1.21 bits per heavy atom. The van der Waals surface area contributed by atoms with E-state index in [2.05, 4.69) is 48.3 Å². The number of nitrogens with zero attached hydrogens (tertiary/aromatic N) is 1. The summed E-state index contributed by atoms with van der Waals surface area (Å²) < 4.78 is 0. The van der Waals surface area contributed by atoms with Crippen molar-refractivity contribution in [1.82, 2.24) is 5.32 Å². The first-order valence-corrected chi connectivity index (χ1v) is 7.80. The van der Waals surface area contributed by atoms with Gasteiger partial charge in [-0.15, -0.1) is 0 Å². The van der Waals surface area contributed by atoms with Crippen LogP contribution in [-0.4, -0.2) is 19.6 Å². The van der Waals surface area contributed by atoms with E-state index in [1.165, 1.54) is 49.9 Å². The smallest absolute Gasteiger partial charge is 0.0368 e. The SMILES string of the molecule is CCC1CCCCCN1c1ccc(C(C)NC)cc1. The molecule has 0 radical (unpaired) electrons. The molecule has 0 spiro atoms. The fraction of sp³-hybridized carbons (Fsp3) is 0.647. The summed E-state index contributed by atoms with van der Waals surface area (Å²) in [6.07, 6.45) is 6.73. The Morgan fingerprint density at radius 2 is 1.95 bits per heavy atom. The van der Waals surface area contributed by atoms with Crippen molar-refractivity contribution in [1.29, 1.82) is 0 Å². The molecule has 1 saturated heterocycles. The molecule has 1 heterocycles. The van der Waals surface area contributed by atoms with E-state index in [9.17, 15) is 0 Å². The summed E-state index contributed by atoms with van der Waals surface area (Å²) in [6.45, 7) is 5.75. The zero-order valence-corrected chi connectivity index (χ0v) is 12.7. The highest BCUT2D eigenvalue weighted by Gasteiger charge is 2.19. The molecule has 2 nitrogen and oxygen atoms in total. The van der Waals surface area contributed by atoms with Crippen LogP contribution in [-0.2, 0) is 0 Å². The second-order valence-electron chi connectivity index (χ2n) is 5.71. The number of anilines is 1. The Hall–Kier alpha value is -1.02. The van der Waals surface area contributed by atoms with Gasteiger partial charge < -0.3 is 10.2 Å². The summed E-state index contributed by atoms with van der Waals surface area (Å²) >= 11 is 0. The summed E-state index contributed by atoms with van der Waals surface area (Å²) in [5.74, 6) is 0. The van der Waals surface area contributed by atoms with Crippen LogP contribution in [0.2, 0.25) is 0 Å². The third-order valence-corrected chi connectivity index (χ3v) is 4.51. The topological polar surface area (TPSA) is 15.3 Å². The first kappa shape index (κ1) is 14.4. The predicted molar refractivity (Wildman–Crippen MR) is 83.8 cm³/mol. The first-order valence-electron chi connectivity index (χ1n) is 7.80. The van der Waals surface area contributed by atoms with Crippen LogP contribution in [0.3, 0.4) is 0 Å². The maximum atomic E-state index is 3.30. The Balaban J connectivity index is 2.14. The lowest BCUT2D eigenvalue weighted by Gasteiger charge is -2.31. The Labute approximate surface area is 118 Å². The third-order valence-electron chi connectivity index (χ3n) is 4.51. The minimum absolute atomic E-state index is 0.431. The van der Waals surface area contributed by atoms with Crippen molar-refractivity contribution < 1.29 is 0 Å². The lowest BCUT2D eigenvalue weighted by molar-refractivity contribution is 0.556. The van der Waals surface area contributed by atoms with Gasteiger partial charge in [0.25, 0.3) is 0 Å². The highest BCUT2D eigenvalue weighted by atomic mass is 15.2. The molecule has 0 aliphatic carbocycles. The molecular weight excluding hydrogens is 232 g/mol. The number of hydrogen-bond donors (Lipinski definition) is 1. The van der Waals surface area contributed by atoms with E-state index in [-0.39, 0.29) is 0 Å². The van der Waals surface area contributed by atoms with E-state index >= 15 is 0 Å². The monoisotopic (exact) mass is 260 g/mol. The van der Waals surface area contributed by atoms with Gasteiger partial charge in [-0.2, -0.15) is 0 Å². The first-order chi connectivity index (χ1) is 9.26. The zero-order chi connectivity index (χ0) is 13.7. The molecule has 2 atom stereocenters. The lowest BCUT2D eigenvalue weighted by Crippen LogP contribution is -2.34. The Bertz CT molecular complexity index is 371. The van der Waals surface area contributed by atoms with Gasteiger partial charge in [-0.1, -0.05) is 31.9 Å². The van der Waals surface area contributed by atoms with E-state index in [4.69, 9.17) is 0 Å². The summed E-state index contributed by atoms with van der Waals surface area (Å²) in [5.41, 5.74) is 2.77. The molecular formula is C17H28N2. The van der Waals surface area contributed by atoms with Crippen molar-refractivity contribution >= 4 is 5.69 Å². The summed E-state index contributed by atoms with van der Waals surface area (Å²) in [4.78, 5) is 2.63. The molecule has 106 valence electrons. The number of benzene rings is 1. The molecule has 1 aromatic rings. The van der Waals surface area contributed by atoms with Gasteiger partial charge in [0.15, 0.2) is 0 Å². The van der Waals surface area contributed by atoms with Crippen LogP contribution in [0.5, 0.6) is 0 Å². The second-order valence-corrected chi connectivity index (χ2v) is 5.71. The van der Waals surface area contributed by atoms with Gasteiger partial charge in [0.2, 0.25) is 0 Å². The van der Waals surface area contributed by atoms with Crippen LogP contribution in [0.4, 0.5) is 5.69 Å². The minimum Gasteiger partial charge on any atom is -0.369 e. The van der Waals surface area contributed by atoms with E-state index in [1.807, 2.05) is 7.05 Å². The van der Waals surface area contributed by atoms with Crippen molar-refractivity contribution in [3.05, 3.63) is 29.8 Å². The average Bonchev–Trinajstić information content (AvgIpc) is 2.71. The van der Waals surface area contributed by atoms with Crippen LogP contribution in [0.1, 0.15) is 57.6 Å². The quantitative estimate of drug-likeness (QED) is 0.876. The van der Waals surface area contributed by atoms with Gasteiger partial charge in [0.1, 0.15) is 0 Å². The van der Waals surface area contributed by atoms with Gasteiger partial charge in [0, 0.05) is 24.3 Å². The van der Waals surface area contributed by atoms with Crippen LogP contribution in [0.25, 0.3) is 0 Å². The Kier molecular flexibility index (Phi) is 5.26. The van der Waals surface area contributed by atoms with Gasteiger partial charge in [0.05, 0.1) is 0 Å². The van der Waals surface area contributed by atoms with E-state index < -0.39 is 0 Å². The third kappa shape index (κ3) is 3.50. The summed E-state index contributed by atoms with van der Waals surface area (Å²) in [6, 6.07) is 10.3. The van der Waals surface area contributed by atoms with Crippen LogP contribution < -0.4 is 10.2 Å². The highest BCUT2D eigenvalue weighted by Crippen LogP contribution is 2.27. The normalized spacial score (nSPS) is 22.1. The maximum absolute atomic E-state index is 3.30. The van der Waals surface area contributed by atoms with Crippen molar-refractivity contribution in [3.63, 3.8) is 0 Å². The highest BCUT2D eigenvalue weighted by molar-refractivity contribution is 5.49. The molecule has 0 aromatic heterocycles. The van der Waals surface area contributed by atoms with Gasteiger partial charge in [-0.05, 0) is 50.9 Å². The average molecular weight is 260 g/mol. The van der Waals surface area contributed by atoms with Crippen LogP contribution in [0.15, 0.2) is 24.3 Å². The van der Waals surface area contributed by atoms with Crippen LogP contribution in [0, 0.1) is 0 Å². The predicted octanol–water partition coefficient (Wildman–Crippen LogP) is 4.13. The molecule has 1 fully saturated rings. The van der Waals surface area contributed by atoms with Gasteiger partial charge in [-0.25, -0.2) is 0 Å². The standard InChI is InChI=1S/C17H28N2/c1-4-16-8-6-5-7-13-19(16)17-11-9-15(10-12-17)14(2)18-3/h9-12,14,16,18H,4-8,13H2,1-3H3. The summed E-state index contributed by atoms with van der Waals surface area (Å²) in [7, 11) is 2.01. The molecule has 1 aliphatic heterocycles. The molecule has 0 bridgehead atoms. The van der Waals surface area contributed by atoms with Crippen molar-refractivity contribution in [3.8, 4) is 0 Å². The fourth-order valence-corrected chi connectivity index (χ4v) is 3.06. The second kappa shape index (κ2) is 6.95. The zero-order valence-electron chi connectivity index (χ0n) is 12.7. The molecule has 1 aromatic carbocycles. The molecule has 1 N–H and O–H groups in total. The van der Waals surface area contributed by atoms with E-state index in [0.29, 0.717) is 6.04 Å². The largest absolute Gasteiger partial charge is 0.369 e. The van der Waals surface area contributed by atoms with E-state index in [0.717, 1.165) is 6.04 Å². The van der Waals surface area contributed by atoms with Crippen molar-refractivity contribution in [2.24, 2.45) is 0 Å². The molecule has 1 aliphatic rings. The van der Waals surface area contributed by atoms with E-state index in [1.54, 1.807) is 0 Å². The van der Waals surface area contributed by atoms with Crippen molar-refractivity contribution in [2.75, 3.05) is 18.5 Å². The number of nitrogens with one attached hydrogen (secondary N) is 1. The molecule has 2 rings (SSSR count). The molecule has 19 heavy (non-hydrogen) atoms.